The molecule has 0 atom stereocenters. The second kappa shape index (κ2) is 9.09. The van der Waals surface area contributed by atoms with Crippen molar-refractivity contribution in [2.75, 3.05) is 11.9 Å². The summed E-state index contributed by atoms with van der Waals surface area (Å²) in [7, 11) is 0. The van der Waals surface area contributed by atoms with E-state index in [4.69, 9.17) is 4.42 Å². The average Bonchev–Trinajstić information content (AvgIpc) is 3.34. The lowest BCUT2D eigenvalue weighted by Crippen LogP contribution is -2.36. The molecule has 1 fully saturated rings. The van der Waals surface area contributed by atoms with E-state index >= 15 is 0 Å². The number of benzene rings is 2. The fourth-order valence-electron chi connectivity index (χ4n) is 3.01. The number of nitro benzene ring substituents is 1. The van der Waals surface area contributed by atoms with Gasteiger partial charge in [-0.1, -0.05) is 6.07 Å². The Morgan fingerprint density at radius 1 is 1.15 bits per heavy atom. The van der Waals surface area contributed by atoms with Gasteiger partial charge in [-0.15, -0.1) is 0 Å². The number of nitrogens with zero attached hydrogens (tertiary/aromatic N) is 2. The number of imide groups is 1. The van der Waals surface area contributed by atoms with E-state index in [2.05, 4.69) is 5.32 Å². The summed E-state index contributed by atoms with van der Waals surface area (Å²) in [5, 5.41) is 12.6. The highest BCUT2D eigenvalue weighted by molar-refractivity contribution is 8.18. The highest BCUT2D eigenvalue weighted by Gasteiger charge is 2.36. The molecule has 33 heavy (non-hydrogen) atoms. The summed E-state index contributed by atoms with van der Waals surface area (Å²) >= 11 is 0.661. The Morgan fingerprint density at radius 2 is 1.91 bits per heavy atom. The number of anilines is 1. The molecule has 1 aliphatic rings. The second-order valence-electron chi connectivity index (χ2n) is 6.83. The molecule has 1 N–H and O–H groups in total. The first kappa shape index (κ1) is 22.0. The third-order valence-electron chi connectivity index (χ3n) is 4.55. The van der Waals surface area contributed by atoms with Crippen LogP contribution in [0.25, 0.3) is 17.4 Å². The number of nitrogens with one attached hydrogen (secondary N) is 1. The summed E-state index contributed by atoms with van der Waals surface area (Å²) in [5.41, 5.74) is 0.750. The molecule has 166 valence electrons. The molecule has 0 saturated carbocycles. The summed E-state index contributed by atoms with van der Waals surface area (Å²) < 4.78 is 18.9. The number of nitro groups is 1. The third kappa shape index (κ3) is 4.99. The number of halogens is 1. The van der Waals surface area contributed by atoms with Crippen molar-refractivity contribution in [3.63, 3.8) is 0 Å². The summed E-state index contributed by atoms with van der Waals surface area (Å²) in [4.78, 5) is 48.2. The standard InChI is InChI=1S/C22H14FN3O6S/c23-14-2-1-3-15(10-14)24-20(27)12-25-21(28)19(33-22(25)29)11-17-8-9-18(32-17)13-4-6-16(7-5-13)26(30)31/h1-11H,12H2,(H,24,27)/b19-11-. The van der Waals surface area contributed by atoms with Gasteiger partial charge < -0.3 is 9.73 Å². The van der Waals surface area contributed by atoms with Crippen LogP contribution < -0.4 is 5.32 Å². The van der Waals surface area contributed by atoms with E-state index in [-0.39, 0.29) is 22.0 Å². The lowest BCUT2D eigenvalue weighted by atomic mass is 10.1. The Kier molecular flexibility index (Phi) is 6.05. The molecular formula is C22H14FN3O6S. The lowest BCUT2D eigenvalue weighted by molar-refractivity contribution is -0.384. The number of furan rings is 1. The van der Waals surface area contributed by atoms with E-state index in [0.717, 1.165) is 11.0 Å². The van der Waals surface area contributed by atoms with Crippen LogP contribution in [-0.4, -0.2) is 33.4 Å². The van der Waals surface area contributed by atoms with E-state index < -0.39 is 34.3 Å². The van der Waals surface area contributed by atoms with Crippen LogP contribution in [0.15, 0.2) is 70.0 Å². The highest BCUT2D eigenvalue weighted by Crippen LogP contribution is 2.33. The van der Waals surface area contributed by atoms with Crippen molar-refractivity contribution in [3.05, 3.63) is 87.3 Å². The van der Waals surface area contributed by atoms with Gasteiger partial charge in [-0.3, -0.25) is 29.4 Å². The highest BCUT2D eigenvalue weighted by atomic mass is 32.2. The van der Waals surface area contributed by atoms with Crippen molar-refractivity contribution in [1.29, 1.82) is 0 Å². The Bertz CT molecular complexity index is 1300. The number of carbonyl (C=O) groups excluding carboxylic acids is 3. The molecule has 0 unspecified atom stereocenters. The van der Waals surface area contributed by atoms with Gasteiger partial charge in [0.2, 0.25) is 5.91 Å². The first-order chi connectivity index (χ1) is 15.8. The van der Waals surface area contributed by atoms with E-state index in [0.29, 0.717) is 23.1 Å². The van der Waals surface area contributed by atoms with Crippen molar-refractivity contribution in [1.82, 2.24) is 4.90 Å². The third-order valence-corrected chi connectivity index (χ3v) is 5.45. The Hall–Kier alpha value is -4.25. The van der Waals surface area contributed by atoms with Crippen LogP contribution in [0.1, 0.15) is 5.76 Å². The number of hydrogen-bond donors (Lipinski definition) is 1. The zero-order valence-electron chi connectivity index (χ0n) is 16.7. The fraction of sp³-hybridized carbons (Fsp3) is 0.0455. The van der Waals surface area contributed by atoms with Crippen LogP contribution in [0, 0.1) is 15.9 Å². The Labute approximate surface area is 190 Å². The maximum absolute atomic E-state index is 13.2. The predicted octanol–water partition coefficient (Wildman–Crippen LogP) is 4.67. The van der Waals surface area contributed by atoms with Crippen LogP contribution in [-0.2, 0) is 9.59 Å². The molecule has 1 aliphatic heterocycles. The molecule has 1 saturated heterocycles. The molecule has 0 spiro atoms. The minimum atomic E-state index is -0.660. The van der Waals surface area contributed by atoms with E-state index in [9.17, 15) is 28.9 Å². The lowest BCUT2D eigenvalue weighted by Gasteiger charge is -2.12. The summed E-state index contributed by atoms with van der Waals surface area (Å²) in [6.45, 7) is -0.523. The molecule has 2 aromatic carbocycles. The topological polar surface area (TPSA) is 123 Å². The zero-order chi connectivity index (χ0) is 23.5. The Morgan fingerprint density at radius 3 is 2.61 bits per heavy atom. The first-order valence-electron chi connectivity index (χ1n) is 9.45. The first-order valence-corrected chi connectivity index (χ1v) is 10.3. The monoisotopic (exact) mass is 467 g/mol. The summed E-state index contributed by atoms with van der Waals surface area (Å²) in [6.07, 6.45) is 1.38. The smallest absolute Gasteiger partial charge is 0.294 e. The van der Waals surface area contributed by atoms with Gasteiger partial charge >= 0.3 is 0 Å². The molecule has 0 bridgehead atoms. The largest absolute Gasteiger partial charge is 0.457 e. The maximum atomic E-state index is 13.2. The van der Waals surface area contributed by atoms with Gasteiger partial charge in [-0.2, -0.15) is 0 Å². The van der Waals surface area contributed by atoms with Gasteiger partial charge in [0.25, 0.3) is 16.8 Å². The molecule has 3 aromatic rings. The van der Waals surface area contributed by atoms with Crippen LogP contribution in [0.4, 0.5) is 20.6 Å². The SMILES string of the molecule is O=C(CN1C(=O)S/C(=C\c2ccc(-c3ccc([N+](=O)[O-])cc3)o2)C1=O)Nc1cccc(F)c1. The van der Waals surface area contributed by atoms with Gasteiger partial charge in [-0.25, -0.2) is 4.39 Å². The number of thioether (sulfide) groups is 1. The van der Waals surface area contributed by atoms with Gasteiger partial charge in [0.05, 0.1) is 9.83 Å². The molecule has 3 amide bonds. The Balaban J connectivity index is 1.44. The van der Waals surface area contributed by atoms with Crippen LogP contribution >= 0.6 is 11.8 Å². The number of non-ortho nitro benzene ring substituents is 1. The van der Waals surface area contributed by atoms with Crippen LogP contribution in [0.2, 0.25) is 0 Å². The maximum Gasteiger partial charge on any atom is 0.294 e. The number of amides is 3. The van der Waals surface area contributed by atoms with Crippen molar-refractivity contribution < 1.29 is 28.1 Å². The summed E-state index contributed by atoms with van der Waals surface area (Å²) in [5.74, 6) is -1.13. The zero-order valence-corrected chi connectivity index (χ0v) is 17.5. The van der Waals surface area contributed by atoms with Crippen LogP contribution in [0.3, 0.4) is 0 Å². The minimum Gasteiger partial charge on any atom is -0.457 e. The van der Waals surface area contributed by atoms with Gasteiger partial charge in [0.15, 0.2) is 0 Å². The fourth-order valence-corrected chi connectivity index (χ4v) is 3.83. The van der Waals surface area contributed by atoms with Crippen molar-refractivity contribution >= 4 is 46.3 Å². The number of carbonyl (C=O) groups is 3. The summed E-state index contributed by atoms with van der Waals surface area (Å²) in [6, 6.07) is 14.2. The molecule has 0 aliphatic carbocycles. The van der Waals surface area contributed by atoms with Crippen molar-refractivity contribution in [2.24, 2.45) is 0 Å². The van der Waals surface area contributed by atoms with Gasteiger partial charge in [-0.05, 0) is 54.2 Å². The van der Waals surface area contributed by atoms with Crippen molar-refractivity contribution in [3.8, 4) is 11.3 Å². The molecular weight excluding hydrogens is 453 g/mol. The van der Waals surface area contributed by atoms with E-state index in [1.165, 1.54) is 48.5 Å². The van der Waals surface area contributed by atoms with Gasteiger partial charge in [0.1, 0.15) is 23.9 Å². The predicted molar refractivity (Wildman–Crippen MR) is 119 cm³/mol. The average molecular weight is 467 g/mol. The van der Waals surface area contributed by atoms with E-state index in [1.807, 2.05) is 0 Å². The molecule has 11 heteroatoms. The van der Waals surface area contributed by atoms with Crippen LogP contribution in [0.5, 0.6) is 0 Å². The molecule has 1 aromatic heterocycles. The molecule has 2 heterocycles. The van der Waals surface area contributed by atoms with Gasteiger partial charge in [0, 0.05) is 29.5 Å². The second-order valence-corrected chi connectivity index (χ2v) is 7.83. The molecule has 0 radical (unpaired) electrons. The number of hydrogen-bond acceptors (Lipinski definition) is 7. The normalized spacial score (nSPS) is 14.7. The molecule has 4 rings (SSSR count). The minimum absolute atomic E-state index is 0.0550. The molecule has 9 nitrogen and oxygen atoms in total. The number of rotatable bonds is 6. The van der Waals surface area contributed by atoms with Crippen molar-refractivity contribution in [2.45, 2.75) is 0 Å². The van der Waals surface area contributed by atoms with E-state index in [1.54, 1.807) is 12.1 Å². The quantitative estimate of drug-likeness (QED) is 0.317.